The molecule has 8 nitrogen and oxygen atoms in total. The van der Waals surface area contributed by atoms with Crippen molar-refractivity contribution >= 4 is 22.8 Å². The summed E-state index contributed by atoms with van der Waals surface area (Å²) in [6.45, 7) is 4.54. The highest BCUT2D eigenvalue weighted by atomic mass is 19.1. The van der Waals surface area contributed by atoms with E-state index in [0.29, 0.717) is 37.4 Å². The second-order valence-corrected chi connectivity index (χ2v) is 7.64. The fourth-order valence-corrected chi connectivity index (χ4v) is 3.73. The third kappa shape index (κ3) is 5.40. The fourth-order valence-electron chi connectivity index (χ4n) is 3.73. The third-order valence-electron chi connectivity index (χ3n) is 5.34. The summed E-state index contributed by atoms with van der Waals surface area (Å²) < 4.78 is 20.2. The number of pyridine rings is 1. The molecule has 3 rings (SSSR count). The van der Waals surface area contributed by atoms with Gasteiger partial charge in [-0.3, -0.25) is 9.59 Å². The summed E-state index contributed by atoms with van der Waals surface area (Å²) in [4.78, 5) is 28.9. The van der Waals surface area contributed by atoms with Crippen LogP contribution in [0, 0.1) is 19.7 Å². The van der Waals surface area contributed by atoms with E-state index in [1.54, 1.807) is 23.9 Å². The van der Waals surface area contributed by atoms with Crippen LogP contribution in [0.1, 0.15) is 28.8 Å². The zero-order valence-corrected chi connectivity index (χ0v) is 18.8. The molecule has 2 N–H and O–H groups in total. The first kappa shape index (κ1) is 23.2. The van der Waals surface area contributed by atoms with Crippen molar-refractivity contribution in [1.29, 1.82) is 0 Å². The number of halogens is 1. The van der Waals surface area contributed by atoms with Gasteiger partial charge in [-0.25, -0.2) is 14.1 Å². The lowest BCUT2D eigenvalue weighted by molar-refractivity contribution is -0.122. The first-order valence-corrected chi connectivity index (χ1v) is 10.4. The van der Waals surface area contributed by atoms with E-state index in [-0.39, 0.29) is 24.1 Å². The molecule has 170 valence electrons. The molecule has 0 fully saturated rings. The lowest BCUT2D eigenvalue weighted by Crippen LogP contribution is -2.35. The maximum atomic E-state index is 13.2. The van der Waals surface area contributed by atoms with E-state index in [0.717, 1.165) is 27.9 Å². The average Bonchev–Trinajstić information content (AvgIpc) is 3.06. The summed E-state index contributed by atoms with van der Waals surface area (Å²) in [6, 6.07) is 5.93. The summed E-state index contributed by atoms with van der Waals surface area (Å²) in [6.07, 6.45) is 0.933. The Labute approximate surface area is 186 Å². The van der Waals surface area contributed by atoms with Gasteiger partial charge in [0, 0.05) is 32.3 Å². The van der Waals surface area contributed by atoms with Crippen LogP contribution in [0.5, 0.6) is 5.88 Å². The Hall–Kier alpha value is -3.49. The highest BCUT2D eigenvalue weighted by molar-refractivity contribution is 5.86. The van der Waals surface area contributed by atoms with Crippen LogP contribution in [0.4, 0.5) is 4.39 Å². The molecule has 0 radical (unpaired) electrons. The van der Waals surface area contributed by atoms with E-state index < -0.39 is 0 Å². The molecule has 0 spiro atoms. The summed E-state index contributed by atoms with van der Waals surface area (Å²) >= 11 is 0. The predicted molar refractivity (Wildman–Crippen MR) is 119 cm³/mol. The quantitative estimate of drug-likeness (QED) is 0.496. The average molecular weight is 442 g/mol. The number of benzene rings is 1. The summed E-state index contributed by atoms with van der Waals surface area (Å²) in [5, 5.41) is 10.7. The van der Waals surface area contributed by atoms with Crippen LogP contribution in [0.3, 0.4) is 0 Å². The third-order valence-corrected chi connectivity index (χ3v) is 5.34. The Bertz CT molecular complexity index is 1140. The van der Waals surface area contributed by atoms with E-state index >= 15 is 0 Å². The fraction of sp³-hybridized carbons (Fsp3) is 0.391. The van der Waals surface area contributed by atoms with Gasteiger partial charge in [-0.2, -0.15) is 0 Å². The summed E-state index contributed by atoms with van der Waals surface area (Å²) in [5.74, 6) is -0.182. The molecule has 1 aromatic carbocycles. The number of carbonyl (C=O) groups is 2. The second kappa shape index (κ2) is 10.2. The van der Waals surface area contributed by atoms with Crippen LogP contribution in [-0.4, -0.2) is 46.8 Å². The van der Waals surface area contributed by atoms with Crippen LogP contribution in [0.2, 0.25) is 0 Å². The molecule has 0 unspecified atom stereocenters. The first-order chi connectivity index (χ1) is 15.3. The second-order valence-electron chi connectivity index (χ2n) is 7.64. The lowest BCUT2D eigenvalue weighted by atomic mass is 10.00. The highest BCUT2D eigenvalue weighted by Crippen LogP contribution is 2.30. The van der Waals surface area contributed by atoms with Crippen molar-refractivity contribution in [3.05, 3.63) is 52.5 Å². The zero-order valence-electron chi connectivity index (χ0n) is 18.8. The van der Waals surface area contributed by atoms with Crippen molar-refractivity contribution in [2.75, 3.05) is 20.2 Å². The highest BCUT2D eigenvalue weighted by Gasteiger charge is 2.18. The van der Waals surface area contributed by atoms with Crippen molar-refractivity contribution in [3.63, 3.8) is 0 Å². The minimum Gasteiger partial charge on any atom is -0.479 e. The maximum absolute atomic E-state index is 13.2. The van der Waals surface area contributed by atoms with Gasteiger partial charge in [0.1, 0.15) is 5.82 Å². The minimum atomic E-state index is -0.371. The number of hydrogen-bond acceptors (Lipinski definition) is 5. The normalized spacial score (nSPS) is 10.9. The number of nitrogens with zero attached hydrogens (tertiary/aromatic N) is 3. The van der Waals surface area contributed by atoms with Gasteiger partial charge in [-0.1, -0.05) is 12.1 Å². The zero-order chi connectivity index (χ0) is 23.3. The van der Waals surface area contributed by atoms with E-state index in [1.165, 1.54) is 12.1 Å². The number of carbonyl (C=O) groups excluding carboxylic acids is 2. The van der Waals surface area contributed by atoms with Crippen LogP contribution in [0.15, 0.2) is 24.3 Å². The monoisotopic (exact) mass is 441 g/mol. The van der Waals surface area contributed by atoms with Gasteiger partial charge >= 0.3 is 0 Å². The Kier molecular flexibility index (Phi) is 7.40. The molecule has 32 heavy (non-hydrogen) atoms. The number of methoxy groups -OCH3 is 1. The Balaban J connectivity index is 1.48. The van der Waals surface area contributed by atoms with Gasteiger partial charge in [-0.15, -0.1) is 5.10 Å². The van der Waals surface area contributed by atoms with Gasteiger partial charge in [0.15, 0.2) is 5.65 Å². The van der Waals surface area contributed by atoms with E-state index in [2.05, 4.69) is 20.7 Å². The number of ether oxygens (including phenoxy) is 1. The van der Waals surface area contributed by atoms with Gasteiger partial charge in [0.05, 0.1) is 18.9 Å². The summed E-state index contributed by atoms with van der Waals surface area (Å²) in [7, 11) is 3.39. The smallest absolute Gasteiger partial charge is 0.242 e. The molecule has 0 aliphatic heterocycles. The molecule has 0 aliphatic rings. The number of aromatic nitrogens is 3. The van der Waals surface area contributed by atoms with Crippen molar-refractivity contribution in [1.82, 2.24) is 25.4 Å². The number of rotatable bonds is 9. The Morgan fingerprint density at radius 3 is 2.56 bits per heavy atom. The van der Waals surface area contributed by atoms with Crippen molar-refractivity contribution < 1.29 is 18.7 Å². The standard InChI is InChI=1S/C23H28FN5O3/c1-14-18(15(2)27-22-21(14)23(32-4)28-29(22)3)8-9-19(30)25-10-11-26-20(31)13-16-6-5-7-17(24)12-16/h5-7,12H,8-11,13H2,1-4H3,(H,25,30)(H,26,31). The Morgan fingerprint density at radius 2 is 1.88 bits per heavy atom. The Morgan fingerprint density at radius 1 is 1.16 bits per heavy atom. The number of fused-ring (bicyclic) bond motifs is 1. The first-order valence-electron chi connectivity index (χ1n) is 10.4. The molecule has 2 aromatic heterocycles. The molecule has 0 bridgehead atoms. The molecular weight excluding hydrogens is 413 g/mol. The topological polar surface area (TPSA) is 98.1 Å². The van der Waals surface area contributed by atoms with Crippen molar-refractivity contribution in [3.8, 4) is 5.88 Å². The van der Waals surface area contributed by atoms with Crippen LogP contribution >= 0.6 is 0 Å². The van der Waals surface area contributed by atoms with Crippen LogP contribution in [0.25, 0.3) is 11.0 Å². The number of aryl methyl sites for hydroxylation is 3. The van der Waals surface area contributed by atoms with Gasteiger partial charge in [0.25, 0.3) is 0 Å². The molecule has 2 amide bonds. The molecule has 9 heteroatoms. The number of amides is 2. The van der Waals surface area contributed by atoms with Gasteiger partial charge in [0.2, 0.25) is 17.7 Å². The van der Waals surface area contributed by atoms with Gasteiger partial charge in [-0.05, 0) is 49.1 Å². The molecule has 3 aromatic rings. The van der Waals surface area contributed by atoms with Gasteiger partial charge < -0.3 is 15.4 Å². The van der Waals surface area contributed by atoms with E-state index in [4.69, 9.17) is 4.74 Å². The molecule has 0 atom stereocenters. The molecule has 0 aliphatic carbocycles. The molecule has 2 heterocycles. The molecule has 0 saturated carbocycles. The maximum Gasteiger partial charge on any atom is 0.242 e. The number of hydrogen-bond donors (Lipinski definition) is 2. The van der Waals surface area contributed by atoms with E-state index in [1.807, 2.05) is 20.9 Å². The van der Waals surface area contributed by atoms with E-state index in [9.17, 15) is 14.0 Å². The molecule has 0 saturated heterocycles. The van der Waals surface area contributed by atoms with Crippen molar-refractivity contribution in [2.45, 2.75) is 33.1 Å². The summed E-state index contributed by atoms with van der Waals surface area (Å²) in [5.41, 5.74) is 4.22. The van der Waals surface area contributed by atoms with Crippen LogP contribution in [-0.2, 0) is 29.5 Å². The van der Waals surface area contributed by atoms with Crippen LogP contribution < -0.4 is 15.4 Å². The number of nitrogens with one attached hydrogen (secondary N) is 2. The minimum absolute atomic E-state index is 0.0948. The predicted octanol–water partition coefficient (Wildman–Crippen LogP) is 2.14. The SMILES string of the molecule is COc1nn(C)c2nc(C)c(CCC(=O)NCCNC(=O)Cc3cccc(F)c3)c(C)c12. The lowest BCUT2D eigenvalue weighted by Gasteiger charge is -2.12. The molecular formula is C23H28FN5O3. The largest absolute Gasteiger partial charge is 0.479 e. The van der Waals surface area contributed by atoms with Crippen molar-refractivity contribution in [2.24, 2.45) is 7.05 Å².